The molecule has 6 heteroatoms. The van der Waals surface area contributed by atoms with Gasteiger partial charge in [0.25, 0.3) is 0 Å². The van der Waals surface area contributed by atoms with Crippen LogP contribution in [-0.2, 0) is 4.74 Å². The van der Waals surface area contributed by atoms with Gasteiger partial charge in [0.05, 0.1) is 19.4 Å². The second kappa shape index (κ2) is 5.22. The Balaban J connectivity index is 2.31. The SMILES string of the molecule is COC(=O)c1ccc(N)c(N(CCO)C2CC2)n1. The number of nitrogen functional groups attached to an aromatic ring is 1. The van der Waals surface area contributed by atoms with E-state index in [0.717, 1.165) is 12.8 Å². The smallest absolute Gasteiger partial charge is 0.356 e. The summed E-state index contributed by atoms with van der Waals surface area (Å²) >= 11 is 0. The molecule has 0 atom stereocenters. The third kappa shape index (κ3) is 2.53. The van der Waals surface area contributed by atoms with Crippen molar-refractivity contribution in [2.75, 3.05) is 30.9 Å². The molecule has 1 aliphatic rings. The fourth-order valence-corrected chi connectivity index (χ4v) is 1.86. The van der Waals surface area contributed by atoms with Crippen LogP contribution in [0.3, 0.4) is 0 Å². The highest BCUT2D eigenvalue weighted by Crippen LogP contribution is 2.33. The van der Waals surface area contributed by atoms with Crippen molar-refractivity contribution < 1.29 is 14.6 Å². The number of nitrogens with two attached hydrogens (primary N) is 1. The summed E-state index contributed by atoms with van der Waals surface area (Å²) < 4.78 is 4.64. The summed E-state index contributed by atoms with van der Waals surface area (Å²) in [5, 5.41) is 9.09. The van der Waals surface area contributed by atoms with E-state index in [4.69, 9.17) is 10.8 Å². The van der Waals surface area contributed by atoms with Gasteiger partial charge in [0.2, 0.25) is 0 Å². The number of carbonyl (C=O) groups excluding carboxylic acids is 1. The number of hydrogen-bond acceptors (Lipinski definition) is 6. The molecule has 0 bridgehead atoms. The first-order chi connectivity index (χ1) is 8.67. The van der Waals surface area contributed by atoms with Crippen LogP contribution in [0.5, 0.6) is 0 Å². The zero-order chi connectivity index (χ0) is 13.1. The summed E-state index contributed by atoms with van der Waals surface area (Å²) in [6.45, 7) is 0.493. The average molecular weight is 251 g/mol. The van der Waals surface area contributed by atoms with Crippen LogP contribution in [0.4, 0.5) is 11.5 Å². The molecule has 0 unspecified atom stereocenters. The van der Waals surface area contributed by atoms with E-state index < -0.39 is 5.97 Å². The molecule has 1 aliphatic carbocycles. The van der Waals surface area contributed by atoms with Gasteiger partial charge in [-0.3, -0.25) is 0 Å². The highest BCUT2D eigenvalue weighted by molar-refractivity contribution is 5.88. The Hall–Kier alpha value is -1.82. The van der Waals surface area contributed by atoms with Crippen LogP contribution < -0.4 is 10.6 Å². The van der Waals surface area contributed by atoms with Gasteiger partial charge in [-0.15, -0.1) is 0 Å². The first-order valence-electron chi connectivity index (χ1n) is 5.89. The van der Waals surface area contributed by atoms with Gasteiger partial charge in [-0.2, -0.15) is 0 Å². The Morgan fingerprint density at radius 3 is 2.89 bits per heavy atom. The van der Waals surface area contributed by atoms with Crippen LogP contribution in [0, 0.1) is 0 Å². The number of aliphatic hydroxyl groups is 1. The molecule has 1 aromatic heterocycles. The van der Waals surface area contributed by atoms with Crippen molar-refractivity contribution in [2.45, 2.75) is 18.9 Å². The zero-order valence-electron chi connectivity index (χ0n) is 10.3. The molecular weight excluding hydrogens is 234 g/mol. The number of aromatic nitrogens is 1. The molecule has 0 aliphatic heterocycles. The van der Waals surface area contributed by atoms with Crippen molar-refractivity contribution >= 4 is 17.5 Å². The first-order valence-corrected chi connectivity index (χ1v) is 5.89. The molecule has 0 spiro atoms. The number of nitrogens with zero attached hydrogens (tertiary/aromatic N) is 2. The highest BCUT2D eigenvalue weighted by atomic mass is 16.5. The van der Waals surface area contributed by atoms with Crippen LogP contribution in [0.2, 0.25) is 0 Å². The van der Waals surface area contributed by atoms with Gasteiger partial charge in [0.1, 0.15) is 0 Å². The summed E-state index contributed by atoms with van der Waals surface area (Å²) in [6.07, 6.45) is 2.12. The number of pyridine rings is 1. The molecule has 0 radical (unpaired) electrons. The van der Waals surface area contributed by atoms with Crippen LogP contribution in [0.15, 0.2) is 12.1 Å². The van der Waals surface area contributed by atoms with Crippen molar-refractivity contribution in [1.82, 2.24) is 4.98 Å². The third-order valence-corrected chi connectivity index (χ3v) is 2.90. The Bertz CT molecular complexity index is 446. The van der Waals surface area contributed by atoms with E-state index in [2.05, 4.69) is 9.72 Å². The molecule has 0 saturated heterocycles. The first kappa shape index (κ1) is 12.6. The van der Waals surface area contributed by atoms with Gasteiger partial charge < -0.3 is 20.5 Å². The van der Waals surface area contributed by atoms with E-state index in [9.17, 15) is 4.79 Å². The summed E-state index contributed by atoms with van der Waals surface area (Å²) in [5.74, 6) is 0.0606. The second-order valence-electron chi connectivity index (χ2n) is 4.25. The maximum absolute atomic E-state index is 11.4. The molecule has 1 aromatic rings. The highest BCUT2D eigenvalue weighted by Gasteiger charge is 2.31. The number of ether oxygens (including phenoxy) is 1. The molecule has 18 heavy (non-hydrogen) atoms. The quantitative estimate of drug-likeness (QED) is 0.737. The monoisotopic (exact) mass is 251 g/mol. The fourth-order valence-electron chi connectivity index (χ4n) is 1.86. The zero-order valence-corrected chi connectivity index (χ0v) is 10.3. The number of hydrogen-bond donors (Lipinski definition) is 2. The van der Waals surface area contributed by atoms with Crippen molar-refractivity contribution in [3.63, 3.8) is 0 Å². The molecule has 6 nitrogen and oxygen atoms in total. The maximum Gasteiger partial charge on any atom is 0.356 e. The van der Waals surface area contributed by atoms with E-state index in [1.54, 1.807) is 6.07 Å². The topological polar surface area (TPSA) is 88.7 Å². The Kier molecular flexibility index (Phi) is 3.66. The summed E-state index contributed by atoms with van der Waals surface area (Å²) in [5.41, 5.74) is 6.62. The Labute approximate surface area is 105 Å². The van der Waals surface area contributed by atoms with E-state index in [-0.39, 0.29) is 12.3 Å². The molecule has 0 amide bonds. The molecular formula is C12H17N3O3. The number of aliphatic hydroxyl groups excluding tert-OH is 1. The van der Waals surface area contributed by atoms with Crippen LogP contribution in [0.25, 0.3) is 0 Å². The second-order valence-corrected chi connectivity index (χ2v) is 4.25. The number of anilines is 2. The number of esters is 1. The number of rotatable bonds is 5. The lowest BCUT2D eigenvalue weighted by Crippen LogP contribution is -2.31. The normalized spacial score (nSPS) is 14.3. The predicted octanol–water partition coefficient (Wildman–Crippen LogP) is 0.411. The van der Waals surface area contributed by atoms with Crippen LogP contribution in [0.1, 0.15) is 23.3 Å². The van der Waals surface area contributed by atoms with Gasteiger partial charge >= 0.3 is 5.97 Å². The summed E-state index contributed by atoms with van der Waals surface area (Å²) in [7, 11) is 1.31. The van der Waals surface area contributed by atoms with E-state index in [1.165, 1.54) is 13.2 Å². The summed E-state index contributed by atoms with van der Waals surface area (Å²) in [6, 6.07) is 3.54. The molecule has 1 fully saturated rings. The van der Waals surface area contributed by atoms with Crippen molar-refractivity contribution in [3.05, 3.63) is 17.8 Å². The fraction of sp³-hybridized carbons (Fsp3) is 0.500. The predicted molar refractivity (Wildman–Crippen MR) is 67.4 cm³/mol. The lowest BCUT2D eigenvalue weighted by Gasteiger charge is -2.24. The van der Waals surface area contributed by atoms with Gasteiger partial charge in [-0.1, -0.05) is 0 Å². The Morgan fingerprint density at radius 2 is 2.33 bits per heavy atom. The van der Waals surface area contributed by atoms with Crippen LogP contribution in [-0.4, -0.2) is 42.4 Å². The molecule has 2 rings (SSSR count). The van der Waals surface area contributed by atoms with E-state index in [1.807, 2.05) is 4.90 Å². The van der Waals surface area contributed by atoms with Crippen molar-refractivity contribution in [3.8, 4) is 0 Å². The minimum absolute atomic E-state index is 0.0278. The molecule has 3 N–H and O–H groups in total. The minimum Gasteiger partial charge on any atom is -0.464 e. The lowest BCUT2D eigenvalue weighted by atomic mass is 10.3. The van der Waals surface area contributed by atoms with E-state index in [0.29, 0.717) is 24.1 Å². The Morgan fingerprint density at radius 1 is 1.61 bits per heavy atom. The van der Waals surface area contributed by atoms with Gasteiger partial charge in [-0.25, -0.2) is 9.78 Å². The maximum atomic E-state index is 11.4. The largest absolute Gasteiger partial charge is 0.464 e. The average Bonchev–Trinajstić information content (AvgIpc) is 3.20. The third-order valence-electron chi connectivity index (χ3n) is 2.90. The summed E-state index contributed by atoms with van der Waals surface area (Å²) in [4.78, 5) is 17.6. The lowest BCUT2D eigenvalue weighted by molar-refractivity contribution is 0.0594. The standard InChI is InChI=1S/C12H17N3O3/c1-18-12(17)10-5-4-9(13)11(14-10)15(6-7-16)8-2-3-8/h4-5,8,16H,2-3,6-7,13H2,1H3. The molecule has 98 valence electrons. The number of carbonyl (C=O) groups is 1. The van der Waals surface area contributed by atoms with Crippen LogP contribution >= 0.6 is 0 Å². The minimum atomic E-state index is -0.490. The van der Waals surface area contributed by atoms with Crippen molar-refractivity contribution in [1.29, 1.82) is 0 Å². The van der Waals surface area contributed by atoms with Crippen molar-refractivity contribution in [2.24, 2.45) is 0 Å². The molecule has 1 heterocycles. The van der Waals surface area contributed by atoms with E-state index >= 15 is 0 Å². The van der Waals surface area contributed by atoms with Gasteiger partial charge in [0.15, 0.2) is 11.5 Å². The molecule has 0 aromatic carbocycles. The number of methoxy groups -OCH3 is 1. The van der Waals surface area contributed by atoms with Gasteiger partial charge in [0, 0.05) is 12.6 Å². The van der Waals surface area contributed by atoms with Gasteiger partial charge in [-0.05, 0) is 25.0 Å². The molecule has 1 saturated carbocycles.